The van der Waals surface area contributed by atoms with E-state index in [1.807, 2.05) is 12.1 Å². The maximum atomic E-state index is 12.9. The van der Waals surface area contributed by atoms with E-state index >= 15 is 0 Å². The zero-order valence-electron chi connectivity index (χ0n) is 16.6. The van der Waals surface area contributed by atoms with Gasteiger partial charge in [0.2, 0.25) is 0 Å². The fourth-order valence-electron chi connectivity index (χ4n) is 2.92. The molecule has 0 radical (unpaired) electrons. The number of benzene rings is 1. The average molecular weight is 428 g/mol. The number of hydrogen-bond acceptors (Lipinski definition) is 6. The first-order chi connectivity index (χ1) is 14.6. The number of carbonyl (C=O) groups is 2. The second kappa shape index (κ2) is 10.5. The fourth-order valence-corrected chi connectivity index (χ4v) is 3.14. The van der Waals surface area contributed by atoms with Crippen molar-refractivity contribution in [1.82, 2.24) is 14.9 Å². The molecule has 3 aromatic rings. The number of ether oxygens (including phenoxy) is 2. The van der Waals surface area contributed by atoms with E-state index in [2.05, 4.69) is 9.97 Å². The van der Waals surface area contributed by atoms with Crippen molar-refractivity contribution in [3.8, 4) is 5.75 Å². The number of pyridine rings is 2. The number of esters is 1. The molecule has 1 aromatic carbocycles. The molecule has 30 heavy (non-hydrogen) atoms. The smallest absolute Gasteiger partial charge is 0.307 e. The summed E-state index contributed by atoms with van der Waals surface area (Å²) in [4.78, 5) is 34.6. The molecular weight excluding hydrogens is 406 g/mol. The van der Waals surface area contributed by atoms with Gasteiger partial charge in [-0.25, -0.2) is 0 Å². The summed E-state index contributed by atoms with van der Waals surface area (Å²) in [5, 5.41) is 1.31. The highest BCUT2D eigenvalue weighted by molar-refractivity contribution is 6.35. The molecule has 3 rings (SSSR count). The predicted molar refractivity (Wildman–Crippen MR) is 113 cm³/mol. The summed E-state index contributed by atoms with van der Waals surface area (Å²) in [6.45, 7) is 2.38. The quantitative estimate of drug-likeness (QED) is 0.485. The molecule has 2 heterocycles. The summed E-state index contributed by atoms with van der Waals surface area (Å²) in [6, 6.07) is 10.7. The lowest BCUT2D eigenvalue weighted by Gasteiger charge is -2.22. The van der Waals surface area contributed by atoms with E-state index < -0.39 is 0 Å². The number of carbonyl (C=O) groups excluding carboxylic acids is 2. The van der Waals surface area contributed by atoms with Gasteiger partial charge in [0.15, 0.2) is 6.61 Å². The number of fused-ring (bicyclic) bond motifs is 1. The van der Waals surface area contributed by atoms with Gasteiger partial charge in [-0.3, -0.25) is 19.6 Å². The summed E-state index contributed by atoms with van der Waals surface area (Å²) in [7, 11) is 0. The van der Waals surface area contributed by atoms with Crippen molar-refractivity contribution in [2.75, 3.05) is 19.8 Å². The van der Waals surface area contributed by atoms with Crippen molar-refractivity contribution in [1.29, 1.82) is 0 Å². The van der Waals surface area contributed by atoms with E-state index in [9.17, 15) is 9.59 Å². The van der Waals surface area contributed by atoms with Crippen LogP contribution in [-0.2, 0) is 20.9 Å². The zero-order chi connectivity index (χ0) is 21.3. The highest BCUT2D eigenvalue weighted by atomic mass is 35.5. The fraction of sp³-hybridized carbons (Fsp3) is 0.273. The zero-order valence-corrected chi connectivity index (χ0v) is 17.3. The van der Waals surface area contributed by atoms with Crippen LogP contribution in [0.1, 0.15) is 18.9 Å². The molecule has 0 N–H and O–H groups in total. The Kier molecular flexibility index (Phi) is 7.57. The number of hydrogen-bond donors (Lipinski definition) is 0. The van der Waals surface area contributed by atoms with Crippen molar-refractivity contribution < 1.29 is 19.1 Å². The Balaban J connectivity index is 1.71. The minimum atomic E-state index is -0.352. The highest BCUT2D eigenvalue weighted by Gasteiger charge is 2.18. The molecule has 0 aliphatic carbocycles. The van der Waals surface area contributed by atoms with Crippen molar-refractivity contribution >= 4 is 34.4 Å². The van der Waals surface area contributed by atoms with Crippen LogP contribution in [0.5, 0.6) is 5.75 Å². The van der Waals surface area contributed by atoms with Gasteiger partial charge in [0.25, 0.3) is 5.91 Å². The summed E-state index contributed by atoms with van der Waals surface area (Å²) in [5.41, 5.74) is 1.44. The Labute approximate surface area is 179 Å². The molecule has 8 heteroatoms. The summed E-state index contributed by atoms with van der Waals surface area (Å²) in [5.74, 6) is -0.146. The number of rotatable bonds is 9. The van der Waals surface area contributed by atoms with Gasteiger partial charge in [0.05, 0.1) is 18.1 Å². The molecule has 0 unspecified atom stereocenters. The predicted octanol–water partition coefficient (Wildman–Crippen LogP) is 3.64. The van der Waals surface area contributed by atoms with Crippen molar-refractivity contribution in [2.24, 2.45) is 0 Å². The lowest BCUT2D eigenvalue weighted by Crippen LogP contribution is -2.36. The SMILES string of the molecule is CCOC(=O)CCN(Cc1cccnc1)C(=O)COc1ccc(Cl)c2cccnc12. The van der Waals surface area contributed by atoms with Gasteiger partial charge in [0, 0.05) is 37.1 Å². The molecule has 1 amide bonds. The van der Waals surface area contributed by atoms with E-state index in [-0.39, 0.29) is 31.4 Å². The highest BCUT2D eigenvalue weighted by Crippen LogP contribution is 2.29. The molecule has 0 fully saturated rings. The normalized spacial score (nSPS) is 10.6. The van der Waals surface area contributed by atoms with E-state index in [4.69, 9.17) is 21.1 Å². The van der Waals surface area contributed by atoms with Crippen molar-refractivity contribution in [3.63, 3.8) is 0 Å². The molecular formula is C22H22ClN3O4. The summed E-state index contributed by atoms with van der Waals surface area (Å²) < 4.78 is 10.7. The topological polar surface area (TPSA) is 81.6 Å². The molecule has 0 saturated heterocycles. The van der Waals surface area contributed by atoms with Crippen LogP contribution in [0.15, 0.2) is 55.0 Å². The average Bonchev–Trinajstić information content (AvgIpc) is 2.77. The Morgan fingerprint density at radius 2 is 1.97 bits per heavy atom. The molecule has 0 bridgehead atoms. The van der Waals surface area contributed by atoms with E-state index in [0.717, 1.165) is 10.9 Å². The Hall–Kier alpha value is -3.19. The Bertz CT molecular complexity index is 1010. The standard InChI is InChI=1S/C22H22ClN3O4/c1-2-29-21(28)9-12-26(14-16-5-3-10-24-13-16)20(27)15-30-19-8-7-18(23)17-6-4-11-25-22(17)19/h3-8,10-11,13H,2,9,12,14-15H2,1H3. The minimum Gasteiger partial charge on any atom is -0.481 e. The van der Waals surface area contributed by atoms with Crippen LogP contribution < -0.4 is 4.74 Å². The second-order valence-electron chi connectivity index (χ2n) is 6.47. The van der Waals surface area contributed by atoms with Gasteiger partial charge in [-0.15, -0.1) is 0 Å². The lowest BCUT2D eigenvalue weighted by atomic mass is 10.2. The van der Waals surface area contributed by atoms with E-state index in [0.29, 0.717) is 29.4 Å². The molecule has 0 saturated carbocycles. The molecule has 7 nitrogen and oxygen atoms in total. The molecule has 0 aliphatic heterocycles. The molecule has 0 atom stereocenters. The van der Waals surface area contributed by atoms with Gasteiger partial charge in [-0.2, -0.15) is 0 Å². The third-order valence-corrected chi connectivity index (χ3v) is 4.70. The third-order valence-electron chi connectivity index (χ3n) is 4.37. The summed E-state index contributed by atoms with van der Waals surface area (Å²) >= 11 is 6.21. The number of halogens is 1. The largest absolute Gasteiger partial charge is 0.481 e. The first-order valence-corrected chi connectivity index (χ1v) is 9.94. The summed E-state index contributed by atoms with van der Waals surface area (Å²) in [6.07, 6.45) is 5.09. The van der Waals surface area contributed by atoms with Crippen LogP contribution in [0.3, 0.4) is 0 Å². The van der Waals surface area contributed by atoms with Gasteiger partial charge in [-0.1, -0.05) is 17.7 Å². The first-order valence-electron chi connectivity index (χ1n) is 9.56. The van der Waals surface area contributed by atoms with Gasteiger partial charge in [0.1, 0.15) is 11.3 Å². The van der Waals surface area contributed by atoms with Crippen LogP contribution in [0.25, 0.3) is 10.9 Å². The number of nitrogens with zero attached hydrogens (tertiary/aromatic N) is 3. The molecule has 156 valence electrons. The van der Waals surface area contributed by atoms with Crippen LogP contribution >= 0.6 is 11.6 Å². The monoisotopic (exact) mass is 427 g/mol. The molecule has 0 aliphatic rings. The molecule has 0 spiro atoms. The van der Waals surface area contributed by atoms with Gasteiger partial charge < -0.3 is 14.4 Å². The van der Waals surface area contributed by atoms with Gasteiger partial charge >= 0.3 is 5.97 Å². The first kappa shape index (κ1) is 21.5. The van der Waals surface area contributed by atoms with Crippen molar-refractivity contribution in [3.05, 3.63) is 65.6 Å². The maximum absolute atomic E-state index is 12.9. The van der Waals surface area contributed by atoms with Crippen molar-refractivity contribution in [2.45, 2.75) is 19.9 Å². The molecule has 2 aromatic heterocycles. The Morgan fingerprint density at radius 1 is 1.13 bits per heavy atom. The van der Waals surface area contributed by atoms with Crippen LogP contribution in [0.2, 0.25) is 5.02 Å². The number of amides is 1. The van der Waals surface area contributed by atoms with Crippen LogP contribution in [0, 0.1) is 0 Å². The maximum Gasteiger partial charge on any atom is 0.307 e. The third kappa shape index (κ3) is 5.67. The minimum absolute atomic E-state index is 0.102. The number of aromatic nitrogens is 2. The second-order valence-corrected chi connectivity index (χ2v) is 6.87. The Morgan fingerprint density at radius 3 is 2.73 bits per heavy atom. The van der Waals surface area contributed by atoms with E-state index in [1.165, 1.54) is 0 Å². The van der Waals surface area contributed by atoms with E-state index in [1.54, 1.807) is 54.7 Å². The van der Waals surface area contributed by atoms with Crippen LogP contribution in [0.4, 0.5) is 0 Å². The van der Waals surface area contributed by atoms with Gasteiger partial charge in [-0.05, 0) is 42.8 Å². The lowest BCUT2D eigenvalue weighted by molar-refractivity contribution is -0.144. The van der Waals surface area contributed by atoms with Crippen LogP contribution in [-0.4, -0.2) is 46.5 Å².